The molecule has 0 unspecified atom stereocenters. The second-order valence-electron chi connectivity index (χ2n) is 5.79. The average molecular weight is 469 g/mol. The molecule has 0 radical (unpaired) electrons. The molecule has 2 amide bonds. The van der Waals surface area contributed by atoms with Gasteiger partial charge in [-0.25, -0.2) is 0 Å². The predicted molar refractivity (Wildman–Crippen MR) is 95.2 cm³/mol. The van der Waals surface area contributed by atoms with Crippen molar-refractivity contribution in [3.63, 3.8) is 0 Å². The fraction of sp³-hybridized carbons (Fsp3) is 0.500. The highest BCUT2D eigenvalue weighted by Crippen LogP contribution is 2.17. The van der Waals surface area contributed by atoms with Crippen molar-refractivity contribution >= 4 is 34.4 Å². The van der Waals surface area contributed by atoms with Crippen LogP contribution in [-0.4, -0.2) is 67.1 Å². The van der Waals surface area contributed by atoms with Gasteiger partial charge in [-0.15, -0.1) is 0 Å². The van der Waals surface area contributed by atoms with Crippen molar-refractivity contribution in [3.8, 4) is 0 Å². The zero-order valence-electron chi connectivity index (χ0n) is 13.5. The smallest absolute Gasteiger partial charge is 0.343 e. The van der Waals surface area contributed by atoms with Gasteiger partial charge in [0.05, 0.1) is 18.7 Å². The molecular formula is C16H19F3IN3O2. The third-order valence-corrected chi connectivity index (χ3v) is 4.80. The highest BCUT2D eigenvalue weighted by molar-refractivity contribution is 14.1. The van der Waals surface area contributed by atoms with E-state index in [1.54, 1.807) is 18.2 Å². The summed E-state index contributed by atoms with van der Waals surface area (Å²) in [7, 11) is 0. The number of carbonyl (C=O) groups excluding carboxylic acids is 2. The van der Waals surface area contributed by atoms with E-state index in [-0.39, 0.29) is 31.4 Å². The topological polar surface area (TPSA) is 52.7 Å². The minimum atomic E-state index is -4.24. The molecule has 1 N–H and O–H groups in total. The van der Waals surface area contributed by atoms with E-state index in [4.69, 9.17) is 0 Å². The second kappa shape index (κ2) is 8.84. The number of benzene rings is 1. The molecule has 1 aliphatic rings. The van der Waals surface area contributed by atoms with Crippen LogP contribution in [-0.2, 0) is 4.79 Å². The van der Waals surface area contributed by atoms with Crippen LogP contribution in [0.4, 0.5) is 13.2 Å². The summed E-state index contributed by atoms with van der Waals surface area (Å²) < 4.78 is 38.2. The summed E-state index contributed by atoms with van der Waals surface area (Å²) in [5, 5.41) is 2.58. The van der Waals surface area contributed by atoms with Gasteiger partial charge in [0.15, 0.2) is 0 Å². The Morgan fingerprint density at radius 1 is 1.12 bits per heavy atom. The highest BCUT2D eigenvalue weighted by Gasteiger charge is 2.31. The zero-order valence-corrected chi connectivity index (χ0v) is 15.6. The monoisotopic (exact) mass is 469 g/mol. The van der Waals surface area contributed by atoms with E-state index in [1.165, 1.54) is 9.80 Å². The molecule has 1 heterocycles. The maximum absolute atomic E-state index is 12.5. The van der Waals surface area contributed by atoms with Gasteiger partial charge in [-0.2, -0.15) is 13.2 Å². The Bertz CT molecular complexity index is 625. The van der Waals surface area contributed by atoms with Gasteiger partial charge in [-0.3, -0.25) is 14.5 Å². The van der Waals surface area contributed by atoms with E-state index < -0.39 is 12.7 Å². The van der Waals surface area contributed by atoms with E-state index in [0.29, 0.717) is 25.1 Å². The molecule has 1 saturated heterocycles. The lowest BCUT2D eigenvalue weighted by Crippen LogP contribution is -2.42. The third kappa shape index (κ3) is 6.46. The van der Waals surface area contributed by atoms with Crippen LogP contribution < -0.4 is 5.32 Å². The molecule has 25 heavy (non-hydrogen) atoms. The second-order valence-corrected chi connectivity index (χ2v) is 6.95. The quantitative estimate of drug-likeness (QED) is 0.688. The molecule has 0 spiro atoms. The molecule has 1 aromatic rings. The van der Waals surface area contributed by atoms with Gasteiger partial charge in [0.25, 0.3) is 5.91 Å². The normalized spacial score (nSPS) is 16.4. The van der Waals surface area contributed by atoms with E-state index >= 15 is 0 Å². The van der Waals surface area contributed by atoms with Gasteiger partial charge in [-0.05, 0) is 41.1 Å². The van der Waals surface area contributed by atoms with E-state index in [0.717, 1.165) is 3.57 Å². The Kier molecular flexibility index (Phi) is 7.05. The number of nitrogens with one attached hydrogen (secondary N) is 1. The number of alkyl halides is 3. The SMILES string of the molecule is O=C(NCC(=O)N1CCCN(CC(F)(F)F)CC1)c1ccccc1I. The highest BCUT2D eigenvalue weighted by atomic mass is 127. The lowest BCUT2D eigenvalue weighted by molar-refractivity contribution is -0.145. The summed E-state index contributed by atoms with van der Waals surface area (Å²) in [6.07, 6.45) is -3.76. The van der Waals surface area contributed by atoms with Gasteiger partial charge in [0.2, 0.25) is 5.91 Å². The van der Waals surface area contributed by atoms with Gasteiger partial charge < -0.3 is 10.2 Å². The van der Waals surface area contributed by atoms with Crippen LogP contribution in [0.25, 0.3) is 0 Å². The number of amides is 2. The van der Waals surface area contributed by atoms with Crippen molar-refractivity contribution in [1.29, 1.82) is 0 Å². The van der Waals surface area contributed by atoms with Crippen LogP contribution in [0.3, 0.4) is 0 Å². The minimum Gasteiger partial charge on any atom is -0.343 e. The Labute approximate surface area is 157 Å². The molecule has 5 nitrogen and oxygen atoms in total. The predicted octanol–water partition coefficient (Wildman–Crippen LogP) is 2.12. The van der Waals surface area contributed by atoms with Crippen molar-refractivity contribution in [2.45, 2.75) is 12.6 Å². The van der Waals surface area contributed by atoms with Gasteiger partial charge >= 0.3 is 6.18 Å². The first-order valence-corrected chi connectivity index (χ1v) is 8.94. The van der Waals surface area contributed by atoms with Crippen LogP contribution in [0.15, 0.2) is 24.3 Å². The summed E-state index contributed by atoms with van der Waals surface area (Å²) in [6, 6.07) is 7.01. The minimum absolute atomic E-state index is 0.164. The maximum atomic E-state index is 12.5. The maximum Gasteiger partial charge on any atom is 0.401 e. The number of rotatable bonds is 4. The first kappa shape index (κ1) is 20.0. The van der Waals surface area contributed by atoms with E-state index in [1.807, 2.05) is 28.7 Å². The van der Waals surface area contributed by atoms with Crippen LogP contribution in [0.2, 0.25) is 0 Å². The molecule has 138 valence electrons. The zero-order chi connectivity index (χ0) is 18.4. The van der Waals surface area contributed by atoms with Crippen molar-refractivity contribution in [3.05, 3.63) is 33.4 Å². The molecule has 2 rings (SSSR count). The number of hydrogen-bond donors (Lipinski definition) is 1. The molecule has 0 atom stereocenters. The summed E-state index contributed by atoms with van der Waals surface area (Å²) in [5.74, 6) is -0.625. The first-order chi connectivity index (χ1) is 11.8. The number of carbonyl (C=O) groups is 2. The van der Waals surface area contributed by atoms with Gasteiger partial charge in [-0.1, -0.05) is 12.1 Å². The molecule has 1 aliphatic heterocycles. The molecule has 1 aromatic carbocycles. The van der Waals surface area contributed by atoms with E-state index in [9.17, 15) is 22.8 Å². The molecule has 0 aliphatic carbocycles. The first-order valence-electron chi connectivity index (χ1n) is 7.86. The Hall–Kier alpha value is -1.36. The van der Waals surface area contributed by atoms with E-state index in [2.05, 4.69) is 5.32 Å². The lowest BCUT2D eigenvalue weighted by atomic mass is 10.2. The molecule has 0 saturated carbocycles. The van der Waals surface area contributed by atoms with Crippen molar-refractivity contribution in [2.75, 3.05) is 39.3 Å². The molecule has 9 heteroatoms. The standard InChI is InChI=1S/C16H19F3IN3O2/c17-16(18,19)11-22-6-3-7-23(9-8-22)14(24)10-21-15(25)12-4-1-2-5-13(12)20/h1-2,4-5H,3,6-11H2,(H,21,25). The van der Waals surface area contributed by atoms with Crippen molar-refractivity contribution in [2.24, 2.45) is 0 Å². The molecule has 0 bridgehead atoms. The van der Waals surface area contributed by atoms with Crippen LogP contribution in [0.1, 0.15) is 16.8 Å². The van der Waals surface area contributed by atoms with Crippen molar-refractivity contribution in [1.82, 2.24) is 15.1 Å². The molecular weight excluding hydrogens is 450 g/mol. The molecule has 0 aromatic heterocycles. The lowest BCUT2D eigenvalue weighted by Gasteiger charge is -2.23. The van der Waals surface area contributed by atoms with Crippen LogP contribution in [0, 0.1) is 3.57 Å². The summed E-state index contributed by atoms with van der Waals surface area (Å²) in [5.41, 5.74) is 0.489. The van der Waals surface area contributed by atoms with Gasteiger partial charge in [0.1, 0.15) is 0 Å². The van der Waals surface area contributed by atoms with Gasteiger partial charge in [0, 0.05) is 29.7 Å². The fourth-order valence-corrected chi connectivity index (χ4v) is 3.27. The Morgan fingerprint density at radius 3 is 2.52 bits per heavy atom. The summed E-state index contributed by atoms with van der Waals surface area (Å²) >= 11 is 2.04. The number of halogens is 4. The summed E-state index contributed by atoms with van der Waals surface area (Å²) in [6.45, 7) is -0.0193. The Morgan fingerprint density at radius 2 is 1.84 bits per heavy atom. The van der Waals surface area contributed by atoms with Crippen LogP contribution >= 0.6 is 22.6 Å². The molecule has 1 fully saturated rings. The number of nitrogens with zero attached hydrogens (tertiary/aromatic N) is 2. The van der Waals surface area contributed by atoms with Crippen LogP contribution in [0.5, 0.6) is 0 Å². The Balaban J connectivity index is 1.83. The fourth-order valence-electron chi connectivity index (χ4n) is 2.64. The number of hydrogen-bond acceptors (Lipinski definition) is 3. The average Bonchev–Trinajstić information content (AvgIpc) is 2.76. The van der Waals surface area contributed by atoms with Crippen molar-refractivity contribution < 1.29 is 22.8 Å². The largest absolute Gasteiger partial charge is 0.401 e. The third-order valence-electron chi connectivity index (χ3n) is 3.86. The summed E-state index contributed by atoms with van der Waals surface area (Å²) in [4.78, 5) is 27.2.